The van der Waals surface area contributed by atoms with Crippen molar-refractivity contribution >= 4 is 0 Å². The minimum Gasteiger partial charge on any atom is 0 e. The summed E-state index contributed by atoms with van der Waals surface area (Å²) in [6, 6.07) is 0. The van der Waals surface area contributed by atoms with E-state index < -0.39 is 0 Å². The summed E-state index contributed by atoms with van der Waals surface area (Å²) >= 11 is 0. The van der Waals surface area contributed by atoms with E-state index in [4.69, 9.17) is 0 Å². The molecule has 0 aliphatic heterocycles. The van der Waals surface area contributed by atoms with Crippen LogP contribution < -0.4 is 0 Å². The molecule has 0 atom stereocenters. The number of hydrogen-bond donors (Lipinski definition) is 0. The van der Waals surface area contributed by atoms with Crippen LogP contribution >= 0.6 is 0 Å². The van der Waals surface area contributed by atoms with Gasteiger partial charge < -0.3 is 0 Å². The Balaban J connectivity index is 0. The van der Waals surface area contributed by atoms with Gasteiger partial charge in [-0.15, -0.1) is 0 Å². The topological polar surface area (TPSA) is 0 Å². The van der Waals surface area contributed by atoms with Crippen molar-refractivity contribution in [1.29, 1.82) is 0 Å². The Kier molecular flexibility index (Phi) is 258. The molecule has 0 aliphatic rings. The summed E-state index contributed by atoms with van der Waals surface area (Å²) < 4.78 is 0. The van der Waals surface area contributed by atoms with Gasteiger partial charge in [-0.1, -0.05) is 0 Å². The Morgan fingerprint density at radius 1 is 1.00 bits per heavy atom. The fraction of sp³-hybridized carbons (Fsp3) is 0. The minimum absolute atomic E-state index is 0. The first-order valence-electron chi connectivity index (χ1n) is 0. The second kappa shape index (κ2) is 33.5. The van der Waals surface area contributed by atoms with Crippen LogP contribution in [0.4, 0.5) is 0 Å². The molecule has 0 saturated carbocycles. The average Bonchev–Trinajstić information content (AvgIpc) is 0. The molecule has 0 nitrogen and oxygen atoms in total. The minimum atomic E-state index is 0. The Bertz CT molecular complexity index is 15.5. The van der Waals surface area contributed by atoms with Gasteiger partial charge in [0.05, 0.1) is 0 Å². The van der Waals surface area contributed by atoms with E-state index in [0.717, 1.165) is 0 Å². The third-order valence-corrected chi connectivity index (χ3v) is 0. The molecule has 0 N–H and O–H groups in total. The zero-order valence-corrected chi connectivity index (χ0v) is 17.6. The van der Waals surface area contributed by atoms with Crippen molar-refractivity contribution < 1.29 is 141 Å². The summed E-state index contributed by atoms with van der Waals surface area (Å²) in [5.74, 6) is 0. The molecule has 0 bridgehead atoms. The van der Waals surface area contributed by atoms with Crippen LogP contribution in [0, 0.1) is 35.6 Å². The SMILES string of the molecule is [Cr].[La].[Nb].[Ta].[Ti].[W]. The zero-order chi connectivity index (χ0) is 0. The van der Waals surface area contributed by atoms with Gasteiger partial charge in [-0.25, -0.2) is 0 Å². The monoisotopic (exact) mass is 697 g/mol. The average molecular weight is 696 g/mol. The summed E-state index contributed by atoms with van der Waals surface area (Å²) in [7, 11) is 0. The van der Waals surface area contributed by atoms with Crippen molar-refractivity contribution in [3.05, 3.63) is 0 Å². The predicted octanol–water partition coefficient (Wildman–Crippen LogP) is -0.0125. The first kappa shape index (κ1) is 46.1. The largest absolute Gasteiger partial charge is 0 e. The van der Waals surface area contributed by atoms with Gasteiger partial charge in [-0.2, -0.15) is 0 Å². The molecule has 0 amide bonds. The quantitative estimate of drug-likeness (QED) is 0.313. The van der Waals surface area contributed by atoms with E-state index in [1.54, 1.807) is 0 Å². The van der Waals surface area contributed by atoms with Crippen LogP contribution in [0.5, 0.6) is 0 Å². The van der Waals surface area contributed by atoms with Gasteiger partial charge in [-0.05, 0) is 0 Å². The summed E-state index contributed by atoms with van der Waals surface area (Å²) in [5.41, 5.74) is 0. The van der Waals surface area contributed by atoms with Gasteiger partial charge in [0.1, 0.15) is 0 Å². The molecule has 0 heterocycles. The number of rotatable bonds is 0. The van der Waals surface area contributed by atoms with Crippen LogP contribution in [0.1, 0.15) is 0 Å². The van der Waals surface area contributed by atoms with Crippen LogP contribution in [0.15, 0.2) is 0 Å². The summed E-state index contributed by atoms with van der Waals surface area (Å²) in [5, 5.41) is 0. The zero-order valence-electron chi connectivity index (χ0n) is 2.79. The van der Waals surface area contributed by atoms with Gasteiger partial charge in [-0.3, -0.25) is 0 Å². The maximum atomic E-state index is 0. The predicted molar refractivity (Wildman–Crippen MR) is 0 cm³/mol. The summed E-state index contributed by atoms with van der Waals surface area (Å²) in [4.78, 5) is 0. The van der Waals surface area contributed by atoms with Crippen molar-refractivity contribution in [2.24, 2.45) is 0 Å². The van der Waals surface area contributed by atoms with Gasteiger partial charge in [0.2, 0.25) is 0 Å². The van der Waals surface area contributed by atoms with Crippen molar-refractivity contribution in [2.75, 3.05) is 0 Å². The molecular weight excluding hydrogens is 696 g/mol. The van der Waals surface area contributed by atoms with E-state index in [1.807, 2.05) is 0 Å². The molecule has 0 saturated heterocycles. The molecule has 0 rings (SSSR count). The molecule has 3 radical (unpaired) electrons. The Labute approximate surface area is 137 Å². The fourth-order valence-corrected chi connectivity index (χ4v) is 0. The van der Waals surface area contributed by atoms with Crippen LogP contribution in [0.25, 0.3) is 0 Å². The maximum Gasteiger partial charge on any atom is 0 e. The van der Waals surface area contributed by atoms with Crippen LogP contribution in [-0.2, 0) is 105 Å². The van der Waals surface area contributed by atoms with Crippen LogP contribution in [-0.4, -0.2) is 0 Å². The molecule has 6 heteroatoms. The van der Waals surface area contributed by atoms with E-state index in [2.05, 4.69) is 0 Å². The molecule has 0 aliphatic carbocycles. The summed E-state index contributed by atoms with van der Waals surface area (Å²) in [6.45, 7) is 0. The van der Waals surface area contributed by atoms with E-state index in [1.165, 1.54) is 0 Å². The molecule has 0 aromatic heterocycles. The Morgan fingerprint density at radius 3 is 1.00 bits per heavy atom. The first-order valence-corrected chi connectivity index (χ1v) is 0. The second-order valence-corrected chi connectivity index (χ2v) is 0. The van der Waals surface area contributed by atoms with E-state index in [-0.39, 0.29) is 141 Å². The molecule has 0 fully saturated rings. The van der Waals surface area contributed by atoms with Crippen molar-refractivity contribution in [3.8, 4) is 0 Å². The normalized spacial score (nSPS) is 0. The van der Waals surface area contributed by atoms with Gasteiger partial charge in [0.15, 0.2) is 0 Å². The van der Waals surface area contributed by atoms with Crippen LogP contribution in [0.3, 0.4) is 0 Å². The molecule has 0 aromatic carbocycles. The molecule has 29 valence electrons. The molecule has 6 heavy (non-hydrogen) atoms. The van der Waals surface area contributed by atoms with E-state index in [0.29, 0.717) is 0 Å². The molecule has 0 spiro atoms. The standard InChI is InChI=1S/Cr.La.Nb.Ta.Ti.W. The van der Waals surface area contributed by atoms with Gasteiger partial charge in [0.25, 0.3) is 0 Å². The van der Waals surface area contributed by atoms with Gasteiger partial charge in [0, 0.05) is 141 Å². The first-order chi connectivity index (χ1) is 0. The number of hydrogen-bond acceptors (Lipinski definition) is 0. The van der Waals surface area contributed by atoms with Crippen molar-refractivity contribution in [3.63, 3.8) is 0 Å². The molecule has 0 unspecified atom stereocenters. The summed E-state index contributed by atoms with van der Waals surface area (Å²) in [6.07, 6.45) is 0. The second-order valence-electron chi connectivity index (χ2n) is 0. The fourth-order valence-electron chi connectivity index (χ4n) is 0. The van der Waals surface area contributed by atoms with Crippen LogP contribution in [0.2, 0.25) is 0 Å². The van der Waals surface area contributed by atoms with Crippen molar-refractivity contribution in [2.45, 2.75) is 0 Å². The maximum absolute atomic E-state index is 0. The third kappa shape index (κ3) is 23.5. The van der Waals surface area contributed by atoms with E-state index >= 15 is 0 Å². The van der Waals surface area contributed by atoms with Crippen molar-refractivity contribution in [1.82, 2.24) is 0 Å². The molecule has 0 aromatic rings. The smallest absolute Gasteiger partial charge is 0 e. The van der Waals surface area contributed by atoms with Gasteiger partial charge >= 0.3 is 0 Å². The Morgan fingerprint density at radius 2 is 1.00 bits per heavy atom. The Hall–Kier alpha value is 4.61. The molecular formula is CrLaNbTaTiW. The third-order valence-electron chi connectivity index (χ3n) is 0. The van der Waals surface area contributed by atoms with E-state index in [9.17, 15) is 0 Å².